The van der Waals surface area contributed by atoms with Crippen LogP contribution in [0.2, 0.25) is 0 Å². The monoisotopic (exact) mass is 270 g/mol. The van der Waals surface area contributed by atoms with Crippen LogP contribution in [-0.4, -0.2) is 56.1 Å². The van der Waals surface area contributed by atoms with Gasteiger partial charge in [0.2, 0.25) is 0 Å². The smallest absolute Gasteiger partial charge is 0.168 e. The first-order chi connectivity index (χ1) is 9.28. The van der Waals surface area contributed by atoms with Gasteiger partial charge in [-0.15, -0.1) is 0 Å². The average Bonchev–Trinajstić information content (AvgIpc) is 2.90. The highest BCUT2D eigenvalue weighted by molar-refractivity contribution is 4.85. The van der Waals surface area contributed by atoms with Gasteiger partial charge in [0.1, 0.15) is 0 Å². The van der Waals surface area contributed by atoms with Crippen LogP contribution in [0.3, 0.4) is 0 Å². The van der Waals surface area contributed by atoms with Crippen molar-refractivity contribution in [2.75, 3.05) is 39.4 Å². The van der Waals surface area contributed by atoms with Crippen molar-refractivity contribution in [2.45, 2.75) is 57.8 Å². The quantitative estimate of drug-likeness (QED) is 0.717. The molecule has 0 aromatic carbocycles. The first kappa shape index (κ1) is 15.2. The van der Waals surface area contributed by atoms with Gasteiger partial charge in [0, 0.05) is 18.9 Å². The molecule has 0 aromatic heterocycles. The van der Waals surface area contributed by atoms with E-state index in [1.807, 2.05) is 0 Å². The van der Waals surface area contributed by atoms with Gasteiger partial charge in [0.05, 0.1) is 13.2 Å². The topological polar surface area (TPSA) is 33.7 Å². The van der Waals surface area contributed by atoms with Gasteiger partial charge < -0.3 is 19.7 Å². The number of nitrogens with one attached hydrogen (secondary N) is 1. The van der Waals surface area contributed by atoms with Crippen LogP contribution < -0.4 is 5.32 Å². The van der Waals surface area contributed by atoms with Crippen molar-refractivity contribution < 1.29 is 9.47 Å². The van der Waals surface area contributed by atoms with Gasteiger partial charge in [-0.2, -0.15) is 0 Å². The van der Waals surface area contributed by atoms with Crippen molar-refractivity contribution in [1.29, 1.82) is 0 Å². The molecule has 19 heavy (non-hydrogen) atoms. The van der Waals surface area contributed by atoms with E-state index >= 15 is 0 Å². The maximum atomic E-state index is 5.76. The third-order valence-electron chi connectivity index (χ3n) is 4.54. The average molecular weight is 270 g/mol. The van der Waals surface area contributed by atoms with Gasteiger partial charge in [-0.1, -0.05) is 13.8 Å². The minimum atomic E-state index is -0.209. The highest BCUT2D eigenvalue weighted by Crippen LogP contribution is 2.35. The second-order valence-electron chi connectivity index (χ2n) is 5.72. The zero-order valence-electron chi connectivity index (χ0n) is 12.6. The summed E-state index contributed by atoms with van der Waals surface area (Å²) in [6, 6.07) is 0.662. The summed E-state index contributed by atoms with van der Waals surface area (Å²) in [5.41, 5.74) is 0. The second kappa shape index (κ2) is 7.58. The molecular formula is C15H30N2O2. The third kappa shape index (κ3) is 4.42. The van der Waals surface area contributed by atoms with Crippen LogP contribution in [0.15, 0.2) is 0 Å². The first-order valence-electron chi connectivity index (χ1n) is 8.01. The Labute approximate surface area is 117 Å². The molecule has 1 saturated carbocycles. The van der Waals surface area contributed by atoms with E-state index in [9.17, 15) is 0 Å². The Kier molecular flexibility index (Phi) is 6.07. The molecule has 4 nitrogen and oxygen atoms in total. The summed E-state index contributed by atoms with van der Waals surface area (Å²) < 4.78 is 11.5. The molecule has 1 N–H and O–H groups in total. The first-order valence-corrected chi connectivity index (χ1v) is 8.01. The summed E-state index contributed by atoms with van der Waals surface area (Å²) in [6.45, 7) is 10.7. The minimum Gasteiger partial charge on any atom is -0.348 e. The lowest BCUT2D eigenvalue weighted by Gasteiger charge is -2.35. The van der Waals surface area contributed by atoms with Gasteiger partial charge in [0.25, 0.3) is 0 Å². The lowest BCUT2D eigenvalue weighted by atomic mass is 9.90. The lowest BCUT2D eigenvalue weighted by Crippen LogP contribution is -2.42. The summed E-state index contributed by atoms with van der Waals surface area (Å²) >= 11 is 0. The molecule has 2 fully saturated rings. The summed E-state index contributed by atoms with van der Waals surface area (Å²) in [4.78, 5) is 2.48. The zero-order chi connectivity index (χ0) is 13.6. The molecule has 1 heterocycles. The molecule has 1 spiro atoms. The Bertz CT molecular complexity index is 241. The molecule has 0 radical (unpaired) electrons. The van der Waals surface area contributed by atoms with Gasteiger partial charge in [-0.05, 0) is 45.4 Å². The van der Waals surface area contributed by atoms with Crippen LogP contribution in [0.1, 0.15) is 46.0 Å². The Morgan fingerprint density at radius 2 is 1.74 bits per heavy atom. The van der Waals surface area contributed by atoms with Crippen LogP contribution in [0.25, 0.3) is 0 Å². The fourth-order valence-electron chi connectivity index (χ4n) is 3.20. The van der Waals surface area contributed by atoms with Gasteiger partial charge in [-0.3, -0.25) is 0 Å². The normalized spacial score (nSPS) is 23.5. The number of nitrogens with zero attached hydrogens (tertiary/aromatic N) is 1. The Morgan fingerprint density at radius 1 is 1.11 bits per heavy atom. The van der Waals surface area contributed by atoms with E-state index in [1.54, 1.807) is 0 Å². The molecule has 0 bridgehead atoms. The van der Waals surface area contributed by atoms with Crippen molar-refractivity contribution in [2.24, 2.45) is 0 Å². The van der Waals surface area contributed by atoms with Gasteiger partial charge in [0.15, 0.2) is 5.79 Å². The number of rotatable bonds is 7. The zero-order valence-corrected chi connectivity index (χ0v) is 12.6. The standard InChI is InChI=1S/C15H30N2O2/c1-3-17(4-2)11-5-10-16-14-6-8-15(9-7-14)18-12-13-19-15/h14,16H,3-13H2,1-2H3. The number of ether oxygens (including phenoxy) is 2. The second-order valence-corrected chi connectivity index (χ2v) is 5.72. The highest BCUT2D eigenvalue weighted by atomic mass is 16.7. The fraction of sp³-hybridized carbons (Fsp3) is 1.00. The van der Waals surface area contributed by atoms with E-state index < -0.39 is 0 Å². The summed E-state index contributed by atoms with van der Waals surface area (Å²) in [7, 11) is 0. The Balaban J connectivity index is 1.56. The molecule has 112 valence electrons. The van der Waals surface area contributed by atoms with Crippen LogP contribution in [-0.2, 0) is 9.47 Å². The largest absolute Gasteiger partial charge is 0.348 e. The van der Waals surface area contributed by atoms with E-state index in [0.29, 0.717) is 6.04 Å². The maximum absolute atomic E-state index is 5.76. The lowest BCUT2D eigenvalue weighted by molar-refractivity contribution is -0.179. The molecule has 1 aliphatic carbocycles. The molecule has 2 aliphatic rings. The Morgan fingerprint density at radius 3 is 2.32 bits per heavy atom. The molecule has 0 amide bonds. The van der Waals surface area contributed by atoms with E-state index in [-0.39, 0.29) is 5.79 Å². The van der Waals surface area contributed by atoms with Crippen LogP contribution in [0, 0.1) is 0 Å². The number of hydrogen-bond acceptors (Lipinski definition) is 4. The molecule has 1 aliphatic heterocycles. The third-order valence-corrected chi connectivity index (χ3v) is 4.54. The number of hydrogen-bond donors (Lipinski definition) is 1. The predicted molar refractivity (Wildman–Crippen MR) is 77.3 cm³/mol. The molecule has 1 saturated heterocycles. The van der Waals surface area contributed by atoms with Crippen LogP contribution in [0.5, 0.6) is 0 Å². The summed E-state index contributed by atoms with van der Waals surface area (Å²) in [6.07, 6.45) is 5.73. The summed E-state index contributed by atoms with van der Waals surface area (Å²) in [5.74, 6) is -0.209. The van der Waals surface area contributed by atoms with Crippen molar-refractivity contribution >= 4 is 0 Å². The highest BCUT2D eigenvalue weighted by Gasteiger charge is 2.39. The molecule has 4 heteroatoms. The van der Waals surface area contributed by atoms with Gasteiger partial charge >= 0.3 is 0 Å². The molecular weight excluding hydrogens is 240 g/mol. The van der Waals surface area contributed by atoms with Crippen LogP contribution >= 0.6 is 0 Å². The van der Waals surface area contributed by atoms with Crippen molar-refractivity contribution in [3.05, 3.63) is 0 Å². The maximum Gasteiger partial charge on any atom is 0.168 e. The van der Waals surface area contributed by atoms with Crippen molar-refractivity contribution in [3.63, 3.8) is 0 Å². The SMILES string of the molecule is CCN(CC)CCCNC1CCC2(CC1)OCCO2. The van der Waals surface area contributed by atoms with Crippen LogP contribution in [0.4, 0.5) is 0 Å². The molecule has 2 rings (SSSR count). The molecule has 0 aromatic rings. The van der Waals surface area contributed by atoms with Crippen molar-refractivity contribution in [1.82, 2.24) is 10.2 Å². The predicted octanol–water partition coefficient (Wildman–Crippen LogP) is 1.99. The Hall–Kier alpha value is -0.160. The van der Waals surface area contributed by atoms with Crippen molar-refractivity contribution in [3.8, 4) is 0 Å². The molecule has 0 atom stereocenters. The van der Waals surface area contributed by atoms with E-state index in [4.69, 9.17) is 9.47 Å². The molecule has 0 unspecified atom stereocenters. The fourth-order valence-corrected chi connectivity index (χ4v) is 3.20. The minimum absolute atomic E-state index is 0.209. The van der Waals surface area contributed by atoms with E-state index in [2.05, 4.69) is 24.1 Å². The summed E-state index contributed by atoms with van der Waals surface area (Å²) in [5, 5.41) is 3.69. The van der Waals surface area contributed by atoms with E-state index in [1.165, 1.54) is 25.8 Å². The van der Waals surface area contributed by atoms with Gasteiger partial charge in [-0.25, -0.2) is 0 Å². The van der Waals surface area contributed by atoms with E-state index in [0.717, 1.165) is 45.7 Å².